The average molecular weight is 312 g/mol. The van der Waals surface area contributed by atoms with Crippen molar-refractivity contribution < 1.29 is 13.2 Å². The zero-order valence-corrected chi connectivity index (χ0v) is 13.9. The summed E-state index contributed by atoms with van der Waals surface area (Å²) in [4.78, 5) is 14.0. The minimum atomic E-state index is -3.25. The van der Waals surface area contributed by atoms with Crippen LogP contribution in [0.5, 0.6) is 0 Å². The molecule has 0 aliphatic rings. The number of amides is 1. The zero-order chi connectivity index (χ0) is 16.0. The molecule has 0 fully saturated rings. The lowest BCUT2D eigenvalue weighted by atomic mass is 10.1. The molecule has 1 amide bonds. The maximum Gasteiger partial charge on any atom is 0.224 e. The van der Waals surface area contributed by atoms with E-state index in [0.717, 1.165) is 12.1 Å². The van der Waals surface area contributed by atoms with Gasteiger partial charge in [-0.3, -0.25) is 4.79 Å². The molecule has 1 aromatic carbocycles. The highest BCUT2D eigenvalue weighted by molar-refractivity contribution is 7.92. The second kappa shape index (κ2) is 7.56. The lowest BCUT2D eigenvalue weighted by Gasteiger charge is -2.11. The van der Waals surface area contributed by atoms with Crippen LogP contribution < -0.4 is 5.32 Å². The first-order valence-corrected chi connectivity index (χ1v) is 8.52. The van der Waals surface area contributed by atoms with Gasteiger partial charge in [0.2, 0.25) is 5.91 Å². The number of hydrogen-bond donors (Lipinski definition) is 1. The summed E-state index contributed by atoms with van der Waals surface area (Å²) < 4.78 is 24.0. The Kier molecular flexibility index (Phi) is 6.36. The van der Waals surface area contributed by atoms with Crippen LogP contribution in [0.3, 0.4) is 0 Å². The third-order valence-corrected chi connectivity index (χ3v) is 5.29. The van der Waals surface area contributed by atoms with Gasteiger partial charge in [-0.25, -0.2) is 8.42 Å². The van der Waals surface area contributed by atoms with Crippen molar-refractivity contribution in [3.8, 4) is 0 Å². The van der Waals surface area contributed by atoms with Crippen LogP contribution in [-0.4, -0.2) is 51.7 Å². The second-order valence-electron chi connectivity index (χ2n) is 5.57. The van der Waals surface area contributed by atoms with Gasteiger partial charge in [0, 0.05) is 13.1 Å². The van der Waals surface area contributed by atoms with Crippen molar-refractivity contribution in [2.45, 2.75) is 30.4 Å². The maximum atomic E-state index is 12.0. The summed E-state index contributed by atoms with van der Waals surface area (Å²) in [5.41, 5.74) is 0.806. The zero-order valence-electron chi connectivity index (χ0n) is 13.1. The molecular formula is C15H24N2O3S. The molecule has 0 aliphatic heterocycles. The predicted octanol–water partition coefficient (Wildman–Crippen LogP) is 1.09. The van der Waals surface area contributed by atoms with E-state index in [1.807, 2.05) is 19.0 Å². The van der Waals surface area contributed by atoms with Crippen molar-refractivity contribution in [1.82, 2.24) is 10.2 Å². The van der Waals surface area contributed by atoms with Crippen molar-refractivity contribution in [2.24, 2.45) is 0 Å². The third kappa shape index (κ3) is 5.47. The predicted molar refractivity (Wildman–Crippen MR) is 84.0 cm³/mol. The largest absolute Gasteiger partial charge is 0.355 e. The molecule has 0 radical (unpaired) electrons. The van der Waals surface area contributed by atoms with Crippen LogP contribution in [0.4, 0.5) is 0 Å². The van der Waals surface area contributed by atoms with E-state index in [1.165, 1.54) is 0 Å². The molecule has 0 heterocycles. The molecule has 1 N–H and O–H groups in total. The molecular weight excluding hydrogens is 288 g/mol. The Balaban J connectivity index is 2.61. The van der Waals surface area contributed by atoms with E-state index in [-0.39, 0.29) is 12.3 Å². The fraction of sp³-hybridized carbons (Fsp3) is 0.533. The van der Waals surface area contributed by atoms with Crippen LogP contribution in [0.2, 0.25) is 0 Å². The molecule has 0 bridgehead atoms. The highest BCUT2D eigenvalue weighted by Crippen LogP contribution is 2.16. The third-order valence-electron chi connectivity index (χ3n) is 3.12. The number of hydrogen-bond acceptors (Lipinski definition) is 4. The van der Waals surface area contributed by atoms with Crippen molar-refractivity contribution >= 4 is 15.7 Å². The molecule has 0 saturated heterocycles. The fourth-order valence-electron chi connectivity index (χ4n) is 1.74. The lowest BCUT2D eigenvalue weighted by Crippen LogP contribution is -2.32. The molecule has 1 rings (SSSR count). The first kappa shape index (κ1) is 17.7. The van der Waals surface area contributed by atoms with E-state index in [1.54, 1.807) is 38.1 Å². The van der Waals surface area contributed by atoms with E-state index >= 15 is 0 Å². The van der Waals surface area contributed by atoms with Gasteiger partial charge in [-0.05, 0) is 45.6 Å². The topological polar surface area (TPSA) is 66.5 Å². The number of benzene rings is 1. The average Bonchev–Trinajstić information content (AvgIpc) is 2.38. The number of nitrogens with zero attached hydrogens (tertiary/aromatic N) is 1. The van der Waals surface area contributed by atoms with Gasteiger partial charge < -0.3 is 10.2 Å². The van der Waals surface area contributed by atoms with E-state index in [2.05, 4.69) is 5.32 Å². The number of rotatable bonds is 7. The van der Waals surface area contributed by atoms with Crippen molar-refractivity contribution in [1.29, 1.82) is 0 Å². The fourth-order valence-corrected chi connectivity index (χ4v) is 2.80. The van der Waals surface area contributed by atoms with E-state index in [0.29, 0.717) is 11.4 Å². The molecule has 0 atom stereocenters. The summed E-state index contributed by atoms with van der Waals surface area (Å²) in [6.45, 7) is 4.70. The molecule has 118 valence electrons. The Morgan fingerprint density at radius 3 is 2.24 bits per heavy atom. The summed E-state index contributed by atoms with van der Waals surface area (Å²) in [7, 11) is 0.637. The Labute approximate surface area is 127 Å². The van der Waals surface area contributed by atoms with Gasteiger partial charge in [-0.1, -0.05) is 12.1 Å². The van der Waals surface area contributed by atoms with Crippen LogP contribution in [0.25, 0.3) is 0 Å². The van der Waals surface area contributed by atoms with Crippen LogP contribution in [0, 0.1) is 0 Å². The van der Waals surface area contributed by atoms with Gasteiger partial charge in [0.1, 0.15) is 0 Å². The van der Waals surface area contributed by atoms with E-state index < -0.39 is 15.1 Å². The first-order valence-electron chi connectivity index (χ1n) is 6.97. The summed E-state index contributed by atoms with van der Waals surface area (Å²) in [6, 6.07) is 6.52. The summed E-state index contributed by atoms with van der Waals surface area (Å²) >= 11 is 0. The van der Waals surface area contributed by atoms with Crippen LogP contribution in [0.1, 0.15) is 19.4 Å². The molecule has 0 aromatic heterocycles. The van der Waals surface area contributed by atoms with Gasteiger partial charge in [0.05, 0.1) is 16.6 Å². The van der Waals surface area contributed by atoms with Gasteiger partial charge in [0.25, 0.3) is 0 Å². The Morgan fingerprint density at radius 2 is 1.76 bits per heavy atom. The minimum absolute atomic E-state index is 0.0590. The summed E-state index contributed by atoms with van der Waals surface area (Å²) in [5.74, 6) is -0.0590. The minimum Gasteiger partial charge on any atom is -0.355 e. The number of carbonyl (C=O) groups is 1. The first-order chi connectivity index (χ1) is 9.73. The van der Waals surface area contributed by atoms with Gasteiger partial charge in [0.15, 0.2) is 9.84 Å². The highest BCUT2D eigenvalue weighted by Gasteiger charge is 2.18. The smallest absolute Gasteiger partial charge is 0.224 e. The Morgan fingerprint density at radius 1 is 1.19 bits per heavy atom. The second-order valence-corrected chi connectivity index (χ2v) is 8.07. The summed E-state index contributed by atoms with van der Waals surface area (Å²) in [5, 5.41) is 2.38. The normalized spacial score (nSPS) is 11.9. The molecule has 21 heavy (non-hydrogen) atoms. The Hall–Kier alpha value is -1.40. The summed E-state index contributed by atoms with van der Waals surface area (Å²) in [6.07, 6.45) is 0.259. The van der Waals surface area contributed by atoms with Gasteiger partial charge in [-0.15, -0.1) is 0 Å². The number of sulfone groups is 1. The van der Waals surface area contributed by atoms with Gasteiger partial charge >= 0.3 is 0 Å². The van der Waals surface area contributed by atoms with E-state index in [9.17, 15) is 13.2 Å². The molecule has 0 unspecified atom stereocenters. The standard InChI is InChI=1S/C15H24N2O3S/c1-12(2)21(19,20)14-7-5-13(6-8-14)11-15(18)16-9-10-17(3)4/h5-8,12H,9-11H2,1-4H3,(H,16,18). The molecule has 6 heteroatoms. The Bertz CT molecular complexity index is 563. The van der Waals surface area contributed by atoms with Crippen LogP contribution in [-0.2, 0) is 21.1 Å². The van der Waals surface area contributed by atoms with Crippen LogP contribution in [0.15, 0.2) is 29.2 Å². The number of nitrogens with one attached hydrogen (secondary N) is 1. The molecule has 5 nitrogen and oxygen atoms in total. The number of carbonyl (C=O) groups excluding carboxylic acids is 1. The quantitative estimate of drug-likeness (QED) is 0.818. The molecule has 1 aromatic rings. The van der Waals surface area contributed by atoms with Crippen molar-refractivity contribution in [3.05, 3.63) is 29.8 Å². The van der Waals surface area contributed by atoms with Crippen LogP contribution >= 0.6 is 0 Å². The highest BCUT2D eigenvalue weighted by atomic mass is 32.2. The number of likely N-dealkylation sites (N-methyl/N-ethyl adjacent to an activating group) is 1. The van der Waals surface area contributed by atoms with Crippen molar-refractivity contribution in [2.75, 3.05) is 27.2 Å². The molecule has 0 spiro atoms. The monoisotopic (exact) mass is 312 g/mol. The molecule has 0 saturated carbocycles. The van der Waals surface area contributed by atoms with Crippen molar-refractivity contribution in [3.63, 3.8) is 0 Å². The lowest BCUT2D eigenvalue weighted by molar-refractivity contribution is -0.120. The maximum absolute atomic E-state index is 12.0. The SMILES string of the molecule is CC(C)S(=O)(=O)c1ccc(CC(=O)NCCN(C)C)cc1. The van der Waals surface area contributed by atoms with E-state index in [4.69, 9.17) is 0 Å². The van der Waals surface area contributed by atoms with Gasteiger partial charge in [-0.2, -0.15) is 0 Å². The molecule has 0 aliphatic carbocycles.